The molecule has 1 aliphatic rings. The fourth-order valence-electron chi connectivity index (χ4n) is 3.63. The summed E-state index contributed by atoms with van der Waals surface area (Å²) in [4.78, 5) is 42.0. The zero-order valence-corrected chi connectivity index (χ0v) is 19.2. The molecule has 4 rings (SSSR count). The molecule has 1 aromatic heterocycles. The van der Waals surface area contributed by atoms with Crippen LogP contribution in [-0.2, 0) is 9.53 Å². The number of nitro benzene ring substituents is 1. The Morgan fingerprint density at radius 2 is 2.03 bits per heavy atom. The van der Waals surface area contributed by atoms with Gasteiger partial charge in [-0.2, -0.15) is 0 Å². The van der Waals surface area contributed by atoms with Gasteiger partial charge >= 0.3 is 5.97 Å². The molecule has 168 valence electrons. The second-order valence-electron chi connectivity index (χ2n) is 7.21. The summed E-state index contributed by atoms with van der Waals surface area (Å²) in [7, 11) is 0. The normalized spacial score (nSPS) is 15.7. The third kappa shape index (κ3) is 4.37. The Hall–Kier alpha value is -3.56. The van der Waals surface area contributed by atoms with Crippen LogP contribution in [0, 0.1) is 10.1 Å². The lowest BCUT2D eigenvalue weighted by molar-refractivity contribution is -0.384. The second-order valence-corrected chi connectivity index (χ2v) is 8.65. The van der Waals surface area contributed by atoms with Gasteiger partial charge in [0.15, 0.2) is 4.80 Å². The van der Waals surface area contributed by atoms with Crippen molar-refractivity contribution in [3.8, 4) is 0 Å². The van der Waals surface area contributed by atoms with E-state index in [0.717, 1.165) is 5.56 Å². The van der Waals surface area contributed by atoms with E-state index in [1.165, 1.54) is 34.1 Å². The van der Waals surface area contributed by atoms with Crippen molar-refractivity contribution in [3.05, 3.63) is 106 Å². The molecule has 0 radical (unpaired) electrons. The number of esters is 1. The van der Waals surface area contributed by atoms with Gasteiger partial charge in [-0.05, 0) is 43.2 Å². The van der Waals surface area contributed by atoms with Crippen molar-refractivity contribution < 1.29 is 14.5 Å². The molecule has 0 fully saturated rings. The van der Waals surface area contributed by atoms with Gasteiger partial charge in [0.05, 0.1) is 33.4 Å². The third-order valence-corrected chi connectivity index (χ3v) is 6.32. The lowest BCUT2D eigenvalue weighted by atomic mass is 9.95. The average molecular weight is 484 g/mol. The molecular formula is C23H18ClN3O5S. The highest BCUT2D eigenvalue weighted by atomic mass is 35.5. The molecule has 0 amide bonds. The number of allylic oxidation sites excluding steroid dienone is 1. The van der Waals surface area contributed by atoms with E-state index in [4.69, 9.17) is 16.3 Å². The predicted molar refractivity (Wildman–Crippen MR) is 125 cm³/mol. The molecule has 10 heteroatoms. The van der Waals surface area contributed by atoms with E-state index >= 15 is 0 Å². The van der Waals surface area contributed by atoms with E-state index in [0.29, 0.717) is 25.6 Å². The first-order valence-corrected chi connectivity index (χ1v) is 11.2. The number of halogens is 1. The van der Waals surface area contributed by atoms with E-state index in [1.807, 2.05) is 0 Å². The van der Waals surface area contributed by atoms with Crippen molar-refractivity contribution in [1.29, 1.82) is 0 Å². The third-order valence-electron chi connectivity index (χ3n) is 5.08. The Balaban J connectivity index is 1.97. The molecule has 2 heterocycles. The minimum absolute atomic E-state index is 0.137. The van der Waals surface area contributed by atoms with E-state index in [9.17, 15) is 19.7 Å². The predicted octanol–water partition coefficient (Wildman–Crippen LogP) is 3.36. The van der Waals surface area contributed by atoms with E-state index in [-0.39, 0.29) is 23.4 Å². The van der Waals surface area contributed by atoms with Crippen molar-refractivity contribution in [3.63, 3.8) is 0 Å². The molecule has 0 unspecified atom stereocenters. The van der Waals surface area contributed by atoms with Crippen molar-refractivity contribution >= 4 is 40.7 Å². The number of carbonyl (C=O) groups is 1. The number of hydrogen-bond donors (Lipinski definition) is 0. The Morgan fingerprint density at radius 3 is 2.70 bits per heavy atom. The monoisotopic (exact) mass is 483 g/mol. The van der Waals surface area contributed by atoms with Gasteiger partial charge in [0.2, 0.25) is 0 Å². The maximum absolute atomic E-state index is 13.5. The van der Waals surface area contributed by atoms with Gasteiger partial charge in [-0.3, -0.25) is 19.5 Å². The van der Waals surface area contributed by atoms with Gasteiger partial charge in [-0.15, -0.1) is 0 Å². The number of carbonyl (C=O) groups excluding carboxylic acids is 1. The van der Waals surface area contributed by atoms with Crippen LogP contribution < -0.4 is 14.9 Å². The molecule has 8 nitrogen and oxygen atoms in total. The van der Waals surface area contributed by atoms with Crippen LogP contribution in [0.15, 0.2) is 69.6 Å². The Labute approximate surface area is 196 Å². The number of thiazole rings is 1. The summed E-state index contributed by atoms with van der Waals surface area (Å²) in [5.74, 6) is -0.623. The fraction of sp³-hybridized carbons (Fsp3) is 0.174. The number of rotatable bonds is 5. The average Bonchev–Trinajstić information content (AvgIpc) is 3.09. The quantitative estimate of drug-likeness (QED) is 0.314. The van der Waals surface area contributed by atoms with Crippen LogP contribution in [-0.4, -0.2) is 22.1 Å². The van der Waals surface area contributed by atoms with Gasteiger partial charge in [0, 0.05) is 17.2 Å². The van der Waals surface area contributed by atoms with Crippen LogP contribution in [0.5, 0.6) is 0 Å². The molecule has 0 bridgehead atoms. The summed E-state index contributed by atoms with van der Waals surface area (Å²) in [5, 5.41) is 11.9. The molecule has 0 aliphatic carbocycles. The molecule has 0 saturated heterocycles. The number of benzene rings is 2. The van der Waals surface area contributed by atoms with Gasteiger partial charge in [-0.1, -0.05) is 47.2 Å². The lowest BCUT2D eigenvalue weighted by Crippen LogP contribution is -2.39. The van der Waals surface area contributed by atoms with Crippen molar-refractivity contribution in [2.75, 3.05) is 6.61 Å². The van der Waals surface area contributed by atoms with Crippen LogP contribution in [0.4, 0.5) is 5.69 Å². The summed E-state index contributed by atoms with van der Waals surface area (Å²) in [5.41, 5.74) is 1.25. The maximum atomic E-state index is 13.5. The largest absolute Gasteiger partial charge is 0.463 e. The molecule has 33 heavy (non-hydrogen) atoms. The standard InChI is InChI=1S/C23H18ClN3O5S/c1-3-32-22(29)19-13(2)25-23-26(20(19)15-5-4-6-17(12-15)27(30)31)21(28)18(33-23)11-14-7-9-16(24)10-8-14/h4-12,20H,3H2,1-2H3/b18-11-/t20-/m0/s1. The molecule has 1 aliphatic heterocycles. The lowest BCUT2D eigenvalue weighted by Gasteiger charge is -2.24. The van der Waals surface area contributed by atoms with Crippen LogP contribution in [0.1, 0.15) is 31.0 Å². The van der Waals surface area contributed by atoms with Gasteiger partial charge < -0.3 is 4.74 Å². The zero-order chi connectivity index (χ0) is 23.7. The Bertz CT molecular complexity index is 1470. The molecule has 3 aromatic rings. The number of aromatic nitrogens is 1. The molecule has 1 atom stereocenters. The van der Waals surface area contributed by atoms with E-state index in [2.05, 4.69) is 4.99 Å². The first-order chi connectivity index (χ1) is 15.8. The highest BCUT2D eigenvalue weighted by molar-refractivity contribution is 7.07. The molecule has 0 saturated carbocycles. The van der Waals surface area contributed by atoms with Crippen LogP contribution >= 0.6 is 22.9 Å². The fourth-order valence-corrected chi connectivity index (χ4v) is 4.80. The summed E-state index contributed by atoms with van der Waals surface area (Å²) in [6, 6.07) is 12.0. The topological polar surface area (TPSA) is 104 Å². The first kappa shape index (κ1) is 22.6. The van der Waals surface area contributed by atoms with Crippen molar-refractivity contribution in [1.82, 2.24) is 4.57 Å². The molecule has 0 spiro atoms. The van der Waals surface area contributed by atoms with Crippen molar-refractivity contribution in [2.45, 2.75) is 19.9 Å². The Morgan fingerprint density at radius 1 is 1.30 bits per heavy atom. The van der Waals surface area contributed by atoms with E-state index in [1.54, 1.807) is 50.3 Å². The maximum Gasteiger partial charge on any atom is 0.338 e. The summed E-state index contributed by atoms with van der Waals surface area (Å²) >= 11 is 7.12. The zero-order valence-electron chi connectivity index (χ0n) is 17.6. The number of non-ortho nitro benzene ring substituents is 1. The minimum atomic E-state index is -0.910. The number of hydrogen-bond acceptors (Lipinski definition) is 7. The minimum Gasteiger partial charge on any atom is -0.463 e. The smallest absolute Gasteiger partial charge is 0.338 e. The second kappa shape index (κ2) is 9.13. The molecular weight excluding hydrogens is 466 g/mol. The summed E-state index contributed by atoms with van der Waals surface area (Å²) in [6.07, 6.45) is 1.72. The summed E-state index contributed by atoms with van der Waals surface area (Å²) in [6.45, 7) is 3.47. The highest BCUT2D eigenvalue weighted by Gasteiger charge is 2.34. The number of nitrogens with zero attached hydrogens (tertiary/aromatic N) is 3. The number of nitro groups is 1. The Kier molecular flexibility index (Phi) is 6.26. The first-order valence-electron chi connectivity index (χ1n) is 9.99. The van der Waals surface area contributed by atoms with Gasteiger partial charge in [0.25, 0.3) is 11.2 Å². The van der Waals surface area contributed by atoms with Crippen molar-refractivity contribution in [2.24, 2.45) is 4.99 Å². The van der Waals surface area contributed by atoms with Crippen LogP contribution in [0.3, 0.4) is 0 Å². The summed E-state index contributed by atoms with van der Waals surface area (Å²) < 4.78 is 7.03. The van der Waals surface area contributed by atoms with Crippen LogP contribution in [0.2, 0.25) is 5.02 Å². The van der Waals surface area contributed by atoms with Gasteiger partial charge in [0.1, 0.15) is 0 Å². The number of fused-ring (bicyclic) bond motifs is 1. The SMILES string of the molecule is CCOC(=O)C1=C(C)N=c2s/c(=C\c3ccc(Cl)cc3)c(=O)n2[C@H]1c1cccc([N+](=O)[O-])c1. The molecule has 2 aromatic carbocycles. The van der Waals surface area contributed by atoms with Crippen LogP contribution in [0.25, 0.3) is 6.08 Å². The molecule has 0 N–H and O–H groups in total. The van der Waals surface area contributed by atoms with Gasteiger partial charge in [-0.25, -0.2) is 9.79 Å². The van der Waals surface area contributed by atoms with E-state index < -0.39 is 16.9 Å². The number of ether oxygens (including phenoxy) is 1. The highest BCUT2D eigenvalue weighted by Crippen LogP contribution is 2.32.